The lowest BCUT2D eigenvalue weighted by molar-refractivity contribution is 0.0491. The van der Waals surface area contributed by atoms with Crippen molar-refractivity contribution in [3.63, 3.8) is 0 Å². The van der Waals surface area contributed by atoms with E-state index in [4.69, 9.17) is 9.84 Å². The van der Waals surface area contributed by atoms with Crippen molar-refractivity contribution in [3.05, 3.63) is 0 Å². The molecule has 12 heavy (non-hydrogen) atoms. The van der Waals surface area contributed by atoms with E-state index in [1.54, 1.807) is 0 Å². The summed E-state index contributed by atoms with van der Waals surface area (Å²) < 4.78 is 5.41. The van der Waals surface area contributed by atoms with Gasteiger partial charge in [-0.3, -0.25) is 0 Å². The van der Waals surface area contributed by atoms with Crippen LogP contribution in [0.2, 0.25) is 0 Å². The monoisotopic (exact) mass is 175 g/mol. The van der Waals surface area contributed by atoms with Crippen molar-refractivity contribution in [2.75, 3.05) is 19.8 Å². The van der Waals surface area contributed by atoms with Crippen LogP contribution in [0.25, 0.3) is 0 Å². The highest BCUT2D eigenvalue weighted by Crippen LogP contribution is 1.94. The van der Waals surface area contributed by atoms with Gasteiger partial charge >= 0.3 is 0 Å². The van der Waals surface area contributed by atoms with Crippen molar-refractivity contribution in [2.45, 2.75) is 39.3 Å². The van der Waals surface area contributed by atoms with Gasteiger partial charge in [0, 0.05) is 19.2 Å². The molecule has 0 aliphatic rings. The Hall–Kier alpha value is -0.120. The first-order valence-corrected chi connectivity index (χ1v) is 4.62. The van der Waals surface area contributed by atoms with Gasteiger partial charge in [-0.15, -0.1) is 0 Å². The van der Waals surface area contributed by atoms with Gasteiger partial charge in [-0.2, -0.15) is 0 Å². The van der Waals surface area contributed by atoms with Crippen LogP contribution in [0.3, 0.4) is 0 Å². The first-order valence-electron chi connectivity index (χ1n) is 4.62. The number of hydrogen-bond acceptors (Lipinski definition) is 3. The number of aliphatic hydroxyl groups excluding tert-OH is 1. The Labute approximate surface area is 75.1 Å². The van der Waals surface area contributed by atoms with Gasteiger partial charge in [0.1, 0.15) is 0 Å². The van der Waals surface area contributed by atoms with E-state index in [-0.39, 0.29) is 12.7 Å². The van der Waals surface area contributed by atoms with Crippen LogP contribution in [0.15, 0.2) is 0 Å². The molecule has 0 fully saturated rings. The van der Waals surface area contributed by atoms with E-state index < -0.39 is 0 Å². The minimum atomic E-state index is 0.170. The Kier molecular flexibility index (Phi) is 7.45. The second-order valence-corrected chi connectivity index (χ2v) is 3.30. The number of aliphatic hydroxyl groups is 1. The van der Waals surface area contributed by atoms with E-state index in [0.717, 1.165) is 19.6 Å². The highest BCUT2D eigenvalue weighted by Gasteiger charge is 1.99. The number of rotatable bonds is 7. The Bertz CT molecular complexity index is 96.5. The summed E-state index contributed by atoms with van der Waals surface area (Å²) in [7, 11) is 0. The molecular formula is C9H21NO2. The quantitative estimate of drug-likeness (QED) is 0.562. The zero-order valence-corrected chi connectivity index (χ0v) is 8.34. The number of ether oxygens (including phenoxy) is 1. The summed E-state index contributed by atoms with van der Waals surface area (Å²) in [6.45, 7) is 8.01. The van der Waals surface area contributed by atoms with Gasteiger partial charge in [0.15, 0.2) is 0 Å². The fourth-order valence-corrected chi connectivity index (χ4v) is 0.873. The van der Waals surface area contributed by atoms with Crippen LogP contribution in [0.1, 0.15) is 27.2 Å². The molecule has 1 unspecified atom stereocenters. The van der Waals surface area contributed by atoms with E-state index in [0.29, 0.717) is 6.04 Å². The van der Waals surface area contributed by atoms with Crippen molar-refractivity contribution in [2.24, 2.45) is 0 Å². The Morgan fingerprint density at radius 1 is 1.33 bits per heavy atom. The van der Waals surface area contributed by atoms with Crippen LogP contribution in [-0.2, 0) is 4.74 Å². The zero-order valence-electron chi connectivity index (χ0n) is 8.34. The van der Waals surface area contributed by atoms with Gasteiger partial charge in [-0.25, -0.2) is 0 Å². The highest BCUT2D eigenvalue weighted by atomic mass is 16.5. The van der Waals surface area contributed by atoms with Crippen LogP contribution in [0, 0.1) is 0 Å². The third kappa shape index (κ3) is 7.98. The first-order chi connectivity index (χ1) is 5.66. The predicted molar refractivity (Wildman–Crippen MR) is 50.3 cm³/mol. The molecule has 0 rings (SSSR count). The summed E-state index contributed by atoms with van der Waals surface area (Å²) in [5.41, 5.74) is 0. The second-order valence-electron chi connectivity index (χ2n) is 3.30. The summed E-state index contributed by atoms with van der Waals surface area (Å²) in [6.07, 6.45) is 0.894. The van der Waals surface area contributed by atoms with E-state index in [1.807, 2.05) is 6.92 Å². The standard InChI is InChI=1S/C9H21NO2/c1-8(2)10-5-7-12-9(3)4-6-11/h8-11H,4-7H2,1-3H3. The normalized spacial score (nSPS) is 13.8. The van der Waals surface area contributed by atoms with E-state index in [1.165, 1.54) is 0 Å². The molecule has 1 atom stereocenters. The van der Waals surface area contributed by atoms with Crippen LogP contribution < -0.4 is 5.32 Å². The predicted octanol–water partition coefficient (Wildman–Crippen LogP) is 0.772. The van der Waals surface area contributed by atoms with Crippen LogP contribution in [0.4, 0.5) is 0 Å². The molecule has 0 aliphatic heterocycles. The summed E-state index contributed by atoms with van der Waals surface area (Å²) >= 11 is 0. The van der Waals surface area contributed by atoms with Gasteiger partial charge in [0.25, 0.3) is 0 Å². The Balaban J connectivity index is 3.08. The molecule has 0 aromatic heterocycles. The third-order valence-electron chi connectivity index (χ3n) is 1.59. The molecule has 74 valence electrons. The molecule has 3 nitrogen and oxygen atoms in total. The van der Waals surface area contributed by atoms with Gasteiger partial charge in [0.05, 0.1) is 12.7 Å². The lowest BCUT2D eigenvalue weighted by Gasteiger charge is -2.13. The van der Waals surface area contributed by atoms with Gasteiger partial charge < -0.3 is 15.2 Å². The summed E-state index contributed by atoms with van der Waals surface area (Å²) in [5, 5.41) is 11.8. The topological polar surface area (TPSA) is 41.5 Å². The molecule has 0 saturated heterocycles. The van der Waals surface area contributed by atoms with Crippen molar-refractivity contribution in [1.82, 2.24) is 5.32 Å². The smallest absolute Gasteiger partial charge is 0.0594 e. The maximum atomic E-state index is 8.59. The SMILES string of the molecule is CC(C)NCCOC(C)CCO. The molecule has 0 saturated carbocycles. The molecule has 3 heteroatoms. The average Bonchev–Trinajstić information content (AvgIpc) is 1.98. The fourth-order valence-electron chi connectivity index (χ4n) is 0.873. The average molecular weight is 175 g/mol. The zero-order chi connectivity index (χ0) is 9.40. The molecule has 0 bridgehead atoms. The van der Waals surface area contributed by atoms with Crippen molar-refractivity contribution in [1.29, 1.82) is 0 Å². The summed E-state index contributed by atoms with van der Waals surface area (Å²) in [5.74, 6) is 0. The number of hydrogen-bond donors (Lipinski definition) is 2. The molecule has 0 radical (unpaired) electrons. The van der Waals surface area contributed by atoms with Crippen molar-refractivity contribution < 1.29 is 9.84 Å². The Morgan fingerprint density at radius 3 is 2.50 bits per heavy atom. The fraction of sp³-hybridized carbons (Fsp3) is 1.00. The minimum Gasteiger partial charge on any atom is -0.396 e. The largest absolute Gasteiger partial charge is 0.396 e. The second kappa shape index (κ2) is 7.53. The molecule has 0 aromatic rings. The molecular weight excluding hydrogens is 154 g/mol. The van der Waals surface area contributed by atoms with Crippen LogP contribution in [-0.4, -0.2) is 37.0 Å². The highest BCUT2D eigenvalue weighted by molar-refractivity contribution is 4.53. The summed E-state index contributed by atoms with van der Waals surface area (Å²) in [4.78, 5) is 0. The van der Waals surface area contributed by atoms with E-state index in [2.05, 4.69) is 19.2 Å². The lowest BCUT2D eigenvalue weighted by atomic mass is 10.3. The molecule has 0 aliphatic carbocycles. The van der Waals surface area contributed by atoms with Gasteiger partial charge in [-0.05, 0) is 13.3 Å². The molecule has 0 amide bonds. The van der Waals surface area contributed by atoms with Crippen molar-refractivity contribution in [3.8, 4) is 0 Å². The molecule has 0 aromatic carbocycles. The molecule has 0 heterocycles. The van der Waals surface area contributed by atoms with E-state index in [9.17, 15) is 0 Å². The summed E-state index contributed by atoms with van der Waals surface area (Å²) in [6, 6.07) is 0.516. The maximum absolute atomic E-state index is 8.59. The van der Waals surface area contributed by atoms with Gasteiger partial charge in [-0.1, -0.05) is 13.8 Å². The minimum absolute atomic E-state index is 0.170. The molecule has 0 spiro atoms. The van der Waals surface area contributed by atoms with Crippen LogP contribution in [0.5, 0.6) is 0 Å². The number of nitrogens with one attached hydrogen (secondary N) is 1. The van der Waals surface area contributed by atoms with E-state index >= 15 is 0 Å². The Morgan fingerprint density at radius 2 is 2.00 bits per heavy atom. The van der Waals surface area contributed by atoms with Crippen molar-refractivity contribution >= 4 is 0 Å². The van der Waals surface area contributed by atoms with Crippen LogP contribution >= 0.6 is 0 Å². The molecule has 2 N–H and O–H groups in total. The lowest BCUT2D eigenvalue weighted by Crippen LogP contribution is -2.28. The maximum Gasteiger partial charge on any atom is 0.0594 e. The van der Waals surface area contributed by atoms with Gasteiger partial charge in [0.2, 0.25) is 0 Å². The first kappa shape index (κ1) is 11.9. The third-order valence-corrected chi connectivity index (χ3v) is 1.59.